The number of rotatable bonds is 5. The van der Waals surface area contributed by atoms with Crippen molar-refractivity contribution < 1.29 is 5.11 Å². The van der Waals surface area contributed by atoms with E-state index in [1.165, 1.54) is 0 Å². The Balaban J connectivity index is 2.16. The third kappa shape index (κ3) is 3.65. The van der Waals surface area contributed by atoms with Crippen molar-refractivity contribution in [2.75, 3.05) is 18.6 Å². The lowest BCUT2D eigenvalue weighted by Crippen LogP contribution is -2.32. The Morgan fingerprint density at radius 3 is 2.60 bits per heavy atom. The van der Waals surface area contributed by atoms with Crippen LogP contribution in [0.3, 0.4) is 0 Å². The summed E-state index contributed by atoms with van der Waals surface area (Å²) in [5, 5.41) is 9.20. The van der Waals surface area contributed by atoms with Crippen LogP contribution in [-0.2, 0) is 0 Å². The van der Waals surface area contributed by atoms with Crippen LogP contribution < -0.4 is 4.90 Å². The maximum atomic E-state index is 9.20. The Morgan fingerprint density at radius 1 is 1.15 bits per heavy atom. The number of likely N-dealkylation sites (N-methyl/N-ethyl adjacent to an activating group) is 1. The molecular formula is C16H19N3O. The Labute approximate surface area is 119 Å². The van der Waals surface area contributed by atoms with Crippen LogP contribution in [0.15, 0.2) is 42.6 Å². The van der Waals surface area contributed by atoms with E-state index >= 15 is 0 Å². The molecule has 0 aliphatic carbocycles. The van der Waals surface area contributed by atoms with Crippen LogP contribution in [0.4, 0.5) is 5.82 Å². The quantitative estimate of drug-likeness (QED) is 0.906. The molecule has 0 saturated heterocycles. The van der Waals surface area contributed by atoms with E-state index in [-0.39, 0.29) is 12.6 Å². The molecule has 2 rings (SSSR count). The maximum Gasteiger partial charge on any atom is 0.129 e. The monoisotopic (exact) mass is 269 g/mol. The molecule has 4 nitrogen and oxygen atoms in total. The predicted molar refractivity (Wildman–Crippen MR) is 82.4 cm³/mol. The highest BCUT2D eigenvalue weighted by molar-refractivity contribution is 5.66. The van der Waals surface area contributed by atoms with E-state index in [1.807, 2.05) is 67.4 Å². The summed E-state index contributed by atoms with van der Waals surface area (Å²) >= 11 is 0. The lowest BCUT2D eigenvalue weighted by molar-refractivity contribution is 0.270. The fraction of sp³-hybridized carbons (Fsp3) is 0.250. The van der Waals surface area contributed by atoms with Crippen molar-refractivity contribution in [3.05, 3.63) is 54.0 Å². The third-order valence-corrected chi connectivity index (χ3v) is 3.16. The number of aromatic nitrogens is 2. The van der Waals surface area contributed by atoms with Crippen LogP contribution in [0.1, 0.15) is 18.3 Å². The molecule has 0 aromatic carbocycles. The highest BCUT2D eigenvalue weighted by Gasteiger charge is 2.09. The Hall–Kier alpha value is -2.20. The number of aliphatic hydroxyl groups excluding tert-OH is 1. The summed E-state index contributed by atoms with van der Waals surface area (Å²) < 4.78 is 0. The van der Waals surface area contributed by atoms with Gasteiger partial charge in [-0.15, -0.1) is 0 Å². The molecule has 0 aliphatic rings. The highest BCUT2D eigenvalue weighted by atomic mass is 16.3. The van der Waals surface area contributed by atoms with Gasteiger partial charge in [0.15, 0.2) is 0 Å². The summed E-state index contributed by atoms with van der Waals surface area (Å²) in [5.41, 5.74) is 1.77. The molecule has 1 atom stereocenters. The number of hydrogen-bond acceptors (Lipinski definition) is 4. The van der Waals surface area contributed by atoms with E-state index in [4.69, 9.17) is 0 Å². The van der Waals surface area contributed by atoms with Gasteiger partial charge >= 0.3 is 0 Å². The number of pyridine rings is 2. The number of nitrogens with zero attached hydrogens (tertiary/aromatic N) is 3. The minimum atomic E-state index is 0.0394. The van der Waals surface area contributed by atoms with Gasteiger partial charge in [-0.25, -0.2) is 4.98 Å². The van der Waals surface area contributed by atoms with Crippen molar-refractivity contribution in [3.63, 3.8) is 0 Å². The summed E-state index contributed by atoms with van der Waals surface area (Å²) in [7, 11) is 1.93. The Morgan fingerprint density at radius 2 is 1.90 bits per heavy atom. The van der Waals surface area contributed by atoms with Gasteiger partial charge in [-0.05, 0) is 43.3 Å². The second kappa shape index (κ2) is 6.82. The first-order valence-electron chi connectivity index (χ1n) is 6.60. The first-order chi connectivity index (χ1) is 9.70. The van der Waals surface area contributed by atoms with Crippen molar-refractivity contribution in [1.82, 2.24) is 9.97 Å². The number of anilines is 1. The third-order valence-electron chi connectivity index (χ3n) is 3.16. The van der Waals surface area contributed by atoms with E-state index in [0.29, 0.717) is 0 Å². The highest BCUT2D eigenvalue weighted by Crippen LogP contribution is 2.14. The van der Waals surface area contributed by atoms with Crippen LogP contribution in [-0.4, -0.2) is 34.8 Å². The molecule has 2 heterocycles. The topological polar surface area (TPSA) is 49.2 Å². The van der Waals surface area contributed by atoms with Crippen LogP contribution in [0, 0.1) is 0 Å². The molecule has 104 valence electrons. The predicted octanol–water partition coefficient (Wildman–Crippen LogP) is 2.46. The first-order valence-corrected chi connectivity index (χ1v) is 6.60. The second-order valence-corrected chi connectivity index (χ2v) is 4.65. The normalized spacial score (nSPS) is 12.6. The van der Waals surface area contributed by atoms with Gasteiger partial charge in [0.25, 0.3) is 0 Å². The lowest BCUT2D eigenvalue weighted by Gasteiger charge is -2.24. The van der Waals surface area contributed by atoms with E-state index in [9.17, 15) is 5.11 Å². The minimum absolute atomic E-state index is 0.0394. The van der Waals surface area contributed by atoms with Gasteiger partial charge < -0.3 is 10.0 Å². The molecule has 0 fully saturated rings. The largest absolute Gasteiger partial charge is 0.394 e. The van der Waals surface area contributed by atoms with Gasteiger partial charge in [0, 0.05) is 13.2 Å². The second-order valence-electron chi connectivity index (χ2n) is 4.65. The molecule has 0 radical (unpaired) electrons. The van der Waals surface area contributed by atoms with Crippen LogP contribution >= 0.6 is 0 Å². The lowest BCUT2D eigenvalue weighted by atomic mass is 10.2. The smallest absolute Gasteiger partial charge is 0.129 e. The van der Waals surface area contributed by atoms with Gasteiger partial charge in [0.2, 0.25) is 0 Å². The van der Waals surface area contributed by atoms with Crippen molar-refractivity contribution in [2.45, 2.75) is 13.0 Å². The summed E-state index contributed by atoms with van der Waals surface area (Å²) in [5.74, 6) is 0.842. The van der Waals surface area contributed by atoms with E-state index in [0.717, 1.165) is 17.2 Å². The van der Waals surface area contributed by atoms with Crippen LogP contribution in [0.25, 0.3) is 12.2 Å². The van der Waals surface area contributed by atoms with Gasteiger partial charge in [0.05, 0.1) is 24.0 Å². The van der Waals surface area contributed by atoms with E-state index < -0.39 is 0 Å². The van der Waals surface area contributed by atoms with Crippen LogP contribution in [0.5, 0.6) is 0 Å². The molecule has 0 bridgehead atoms. The van der Waals surface area contributed by atoms with E-state index in [2.05, 4.69) is 9.97 Å². The summed E-state index contributed by atoms with van der Waals surface area (Å²) in [6, 6.07) is 11.7. The molecule has 1 N–H and O–H groups in total. The zero-order valence-corrected chi connectivity index (χ0v) is 11.8. The first kappa shape index (κ1) is 14.2. The summed E-state index contributed by atoms with van der Waals surface area (Å²) in [4.78, 5) is 10.7. The Bertz CT molecular complexity index is 569. The average molecular weight is 269 g/mol. The SMILES string of the molecule is C[C@@H](CO)N(C)c1cccc(/C=C/c2ccccn2)n1. The fourth-order valence-electron chi connectivity index (χ4n) is 1.72. The van der Waals surface area contributed by atoms with Crippen molar-refractivity contribution in [2.24, 2.45) is 0 Å². The molecule has 2 aromatic heterocycles. The van der Waals surface area contributed by atoms with Crippen molar-refractivity contribution >= 4 is 18.0 Å². The Kier molecular flexibility index (Phi) is 4.85. The molecule has 4 heteroatoms. The zero-order valence-electron chi connectivity index (χ0n) is 11.8. The average Bonchev–Trinajstić information content (AvgIpc) is 2.52. The van der Waals surface area contributed by atoms with Gasteiger partial charge in [-0.2, -0.15) is 0 Å². The fourth-order valence-corrected chi connectivity index (χ4v) is 1.72. The number of aliphatic hydroxyl groups is 1. The molecule has 0 unspecified atom stereocenters. The van der Waals surface area contributed by atoms with Gasteiger partial charge in [0.1, 0.15) is 5.82 Å². The summed E-state index contributed by atoms with van der Waals surface area (Å²) in [6.07, 6.45) is 5.63. The minimum Gasteiger partial charge on any atom is -0.394 e. The summed E-state index contributed by atoms with van der Waals surface area (Å²) in [6.45, 7) is 2.06. The molecule has 0 spiro atoms. The van der Waals surface area contributed by atoms with Crippen LogP contribution in [0.2, 0.25) is 0 Å². The van der Waals surface area contributed by atoms with Crippen molar-refractivity contribution in [3.8, 4) is 0 Å². The van der Waals surface area contributed by atoms with Gasteiger partial charge in [-0.1, -0.05) is 12.1 Å². The van der Waals surface area contributed by atoms with Gasteiger partial charge in [-0.3, -0.25) is 4.98 Å². The maximum absolute atomic E-state index is 9.20. The molecule has 0 aliphatic heterocycles. The molecule has 20 heavy (non-hydrogen) atoms. The number of hydrogen-bond donors (Lipinski definition) is 1. The molecular weight excluding hydrogens is 250 g/mol. The van der Waals surface area contributed by atoms with Crippen molar-refractivity contribution in [1.29, 1.82) is 0 Å². The molecule has 0 saturated carbocycles. The molecule has 2 aromatic rings. The zero-order chi connectivity index (χ0) is 14.4. The van der Waals surface area contributed by atoms with E-state index in [1.54, 1.807) is 6.20 Å². The molecule has 0 amide bonds. The standard InChI is InChI=1S/C16H19N3O/c1-13(12-20)19(2)16-8-5-7-15(18-16)10-9-14-6-3-4-11-17-14/h3-11,13,20H,12H2,1-2H3/b10-9+/t13-/m0/s1.